The van der Waals surface area contributed by atoms with E-state index in [2.05, 4.69) is 46.5 Å². The molecule has 2 aromatic carbocycles. The van der Waals surface area contributed by atoms with Gasteiger partial charge in [0.1, 0.15) is 24.2 Å². The van der Waals surface area contributed by atoms with Crippen LogP contribution in [0.25, 0.3) is 16.9 Å². The van der Waals surface area contributed by atoms with Gasteiger partial charge in [-0.1, -0.05) is 11.6 Å². The van der Waals surface area contributed by atoms with Crippen molar-refractivity contribution in [1.29, 1.82) is 0 Å². The first kappa shape index (κ1) is 15.6. The molecule has 0 aliphatic carbocycles. The molecule has 24 heavy (non-hydrogen) atoms. The molecule has 1 aromatic heterocycles. The zero-order valence-electron chi connectivity index (χ0n) is 13.6. The van der Waals surface area contributed by atoms with Crippen LogP contribution >= 0.6 is 23.4 Å². The van der Waals surface area contributed by atoms with Gasteiger partial charge in [0.2, 0.25) is 0 Å². The van der Waals surface area contributed by atoms with Crippen LogP contribution in [0.1, 0.15) is 6.92 Å². The number of thioether (sulfide) groups is 1. The molecule has 2 heterocycles. The summed E-state index contributed by atoms with van der Waals surface area (Å²) in [6.07, 6.45) is 2.24. The molecule has 0 saturated carbocycles. The molecule has 4 rings (SSSR count). The summed E-state index contributed by atoms with van der Waals surface area (Å²) < 4.78 is 9.94. The summed E-state index contributed by atoms with van der Waals surface area (Å²) >= 11 is 7.96. The highest BCUT2D eigenvalue weighted by molar-refractivity contribution is 7.99. The Hall–Kier alpha value is -1.91. The van der Waals surface area contributed by atoms with Crippen LogP contribution in [0, 0.1) is 0 Å². The van der Waals surface area contributed by atoms with Crippen LogP contribution in [0.15, 0.2) is 59.9 Å². The van der Waals surface area contributed by atoms with Gasteiger partial charge in [-0.25, -0.2) is 4.57 Å². The summed E-state index contributed by atoms with van der Waals surface area (Å²) in [6.45, 7) is 3.29. The van der Waals surface area contributed by atoms with Crippen LogP contribution in [0.4, 0.5) is 0 Å². The topological polar surface area (TPSA) is 18.0 Å². The molecule has 0 amide bonds. The minimum atomic E-state index is 0.587. The molecule has 0 bridgehead atoms. The van der Waals surface area contributed by atoms with E-state index in [1.54, 1.807) is 7.11 Å². The van der Waals surface area contributed by atoms with E-state index in [0.717, 1.165) is 28.6 Å². The maximum atomic E-state index is 6.05. The average molecular weight is 358 g/mol. The number of nitrogens with zero attached hydrogens (tertiary/aromatic N) is 2. The highest BCUT2D eigenvalue weighted by Gasteiger charge is 2.34. The summed E-state index contributed by atoms with van der Waals surface area (Å²) in [5, 5.41) is 2.60. The van der Waals surface area contributed by atoms with E-state index in [1.807, 2.05) is 36.0 Å². The molecular formula is C19H18ClN2OS+. The second kappa shape index (κ2) is 6.19. The molecule has 1 aliphatic rings. The van der Waals surface area contributed by atoms with E-state index in [4.69, 9.17) is 16.3 Å². The molecule has 3 aromatic rings. The molecule has 0 spiro atoms. The Morgan fingerprint density at radius 1 is 1.12 bits per heavy atom. The maximum absolute atomic E-state index is 6.05. The number of hydrogen-bond acceptors (Lipinski definition) is 2. The maximum Gasteiger partial charge on any atom is 0.324 e. The molecule has 0 radical (unpaired) electrons. The van der Waals surface area contributed by atoms with Gasteiger partial charge in [0.05, 0.1) is 12.4 Å². The van der Waals surface area contributed by atoms with E-state index in [1.165, 1.54) is 10.9 Å². The summed E-state index contributed by atoms with van der Waals surface area (Å²) in [5.41, 5.74) is 3.47. The van der Waals surface area contributed by atoms with Gasteiger partial charge < -0.3 is 4.74 Å². The van der Waals surface area contributed by atoms with Crippen LogP contribution in [0.5, 0.6) is 5.75 Å². The van der Waals surface area contributed by atoms with Crippen LogP contribution in [-0.4, -0.2) is 16.9 Å². The van der Waals surface area contributed by atoms with Crippen molar-refractivity contribution in [3.63, 3.8) is 0 Å². The second-order valence-corrected chi connectivity index (χ2v) is 7.76. The van der Waals surface area contributed by atoms with E-state index in [0.29, 0.717) is 5.25 Å². The fraction of sp³-hybridized carbons (Fsp3) is 0.211. The zero-order valence-corrected chi connectivity index (χ0v) is 15.1. The predicted octanol–water partition coefficient (Wildman–Crippen LogP) is 4.59. The Balaban J connectivity index is 1.88. The molecule has 1 aliphatic heterocycles. The van der Waals surface area contributed by atoms with Gasteiger partial charge in [-0.2, -0.15) is 4.57 Å². The van der Waals surface area contributed by atoms with Gasteiger partial charge in [-0.15, -0.1) is 0 Å². The number of methoxy groups -OCH3 is 1. The molecular weight excluding hydrogens is 340 g/mol. The highest BCUT2D eigenvalue weighted by atomic mass is 35.5. The normalized spacial score (nSPS) is 16.2. The fourth-order valence-electron chi connectivity index (χ4n) is 3.04. The Morgan fingerprint density at radius 3 is 2.50 bits per heavy atom. The molecule has 5 heteroatoms. The van der Waals surface area contributed by atoms with Gasteiger partial charge in [0.25, 0.3) is 0 Å². The SMILES string of the molecule is COc1ccc(-n2c(-c3ccc(Cl)cc3)c[n+]3c2S[C@@H](C)C3)cc1. The Labute approximate surface area is 150 Å². The van der Waals surface area contributed by atoms with Crippen LogP contribution in [0.3, 0.4) is 0 Å². The van der Waals surface area contributed by atoms with Crippen molar-refractivity contribution in [1.82, 2.24) is 4.57 Å². The zero-order chi connectivity index (χ0) is 16.7. The highest BCUT2D eigenvalue weighted by Crippen LogP contribution is 2.35. The third kappa shape index (κ3) is 2.70. The first-order valence-electron chi connectivity index (χ1n) is 7.88. The van der Waals surface area contributed by atoms with Crippen molar-refractivity contribution in [3.8, 4) is 22.7 Å². The molecule has 0 saturated heterocycles. The van der Waals surface area contributed by atoms with Gasteiger partial charge in [-0.3, -0.25) is 0 Å². The van der Waals surface area contributed by atoms with Crippen molar-refractivity contribution in [2.24, 2.45) is 0 Å². The Kier molecular flexibility index (Phi) is 4.02. The average Bonchev–Trinajstić information content (AvgIpc) is 3.11. The summed E-state index contributed by atoms with van der Waals surface area (Å²) in [7, 11) is 1.69. The third-order valence-corrected chi connectivity index (χ3v) is 5.62. The summed E-state index contributed by atoms with van der Waals surface area (Å²) in [6, 6.07) is 16.2. The lowest BCUT2D eigenvalue weighted by Crippen LogP contribution is -2.32. The predicted molar refractivity (Wildman–Crippen MR) is 98.3 cm³/mol. The Morgan fingerprint density at radius 2 is 1.83 bits per heavy atom. The molecule has 0 N–H and O–H groups in total. The number of hydrogen-bond donors (Lipinski definition) is 0. The van der Waals surface area contributed by atoms with E-state index < -0.39 is 0 Å². The lowest BCUT2D eigenvalue weighted by atomic mass is 10.1. The van der Waals surface area contributed by atoms with Crippen LogP contribution in [0.2, 0.25) is 5.02 Å². The quantitative estimate of drug-likeness (QED) is 0.638. The fourth-order valence-corrected chi connectivity index (χ4v) is 4.34. The number of aromatic nitrogens is 2. The van der Waals surface area contributed by atoms with Crippen molar-refractivity contribution in [2.45, 2.75) is 23.9 Å². The minimum Gasteiger partial charge on any atom is -0.497 e. The van der Waals surface area contributed by atoms with Gasteiger partial charge in [-0.05, 0) is 67.2 Å². The second-order valence-electron chi connectivity index (χ2n) is 5.92. The summed E-state index contributed by atoms with van der Waals surface area (Å²) in [5.74, 6) is 0.865. The van der Waals surface area contributed by atoms with Crippen molar-refractivity contribution < 1.29 is 9.30 Å². The van der Waals surface area contributed by atoms with E-state index in [-0.39, 0.29) is 0 Å². The Bertz CT molecular complexity index is 872. The molecule has 1 atom stereocenters. The van der Waals surface area contributed by atoms with Crippen molar-refractivity contribution >= 4 is 23.4 Å². The largest absolute Gasteiger partial charge is 0.497 e. The molecule has 3 nitrogen and oxygen atoms in total. The number of fused-ring (bicyclic) bond motifs is 1. The molecule has 0 unspecified atom stereocenters. The first-order chi connectivity index (χ1) is 11.7. The van der Waals surface area contributed by atoms with Crippen molar-refractivity contribution in [3.05, 3.63) is 59.8 Å². The van der Waals surface area contributed by atoms with Crippen LogP contribution in [-0.2, 0) is 6.54 Å². The standard InChI is InChI=1S/C19H18ClN2OS/c1-13-11-21-12-18(14-3-5-15(20)6-4-14)22(19(21)24-13)16-7-9-17(23-2)10-8-16/h3-10,12-13H,11H2,1-2H3/q+1/t13-/m0/s1. The van der Waals surface area contributed by atoms with E-state index in [9.17, 15) is 0 Å². The number of rotatable bonds is 3. The summed E-state index contributed by atoms with van der Waals surface area (Å²) in [4.78, 5) is 0. The lowest BCUT2D eigenvalue weighted by Gasteiger charge is -2.06. The molecule has 122 valence electrons. The molecule has 0 fully saturated rings. The van der Waals surface area contributed by atoms with Gasteiger partial charge >= 0.3 is 5.16 Å². The third-order valence-electron chi connectivity index (χ3n) is 4.19. The number of ether oxygens (including phenoxy) is 1. The smallest absolute Gasteiger partial charge is 0.324 e. The van der Waals surface area contributed by atoms with Gasteiger partial charge in [0.15, 0.2) is 5.69 Å². The number of imidazole rings is 1. The monoisotopic (exact) mass is 357 g/mol. The van der Waals surface area contributed by atoms with Crippen molar-refractivity contribution in [2.75, 3.05) is 7.11 Å². The van der Waals surface area contributed by atoms with Gasteiger partial charge in [0, 0.05) is 10.6 Å². The first-order valence-corrected chi connectivity index (χ1v) is 9.13. The number of halogens is 1. The van der Waals surface area contributed by atoms with E-state index >= 15 is 0 Å². The van der Waals surface area contributed by atoms with Crippen LogP contribution < -0.4 is 9.30 Å². The number of benzene rings is 2. The lowest BCUT2D eigenvalue weighted by molar-refractivity contribution is -0.725. The minimum absolute atomic E-state index is 0.587.